The number of H-pyrrole nitrogens is 1. The smallest absolute Gasteiger partial charge is 0.398 e. The molecule has 4 heteroatoms. The normalized spacial score (nSPS) is 17.9. The van der Waals surface area contributed by atoms with E-state index in [0.717, 1.165) is 11.3 Å². The van der Waals surface area contributed by atoms with Crippen LogP contribution in [0.4, 0.5) is 0 Å². The van der Waals surface area contributed by atoms with Gasteiger partial charge in [0.2, 0.25) is 0 Å². The molecule has 3 aromatic carbocycles. The molecule has 188 valence electrons. The van der Waals surface area contributed by atoms with Crippen molar-refractivity contribution in [3.63, 3.8) is 0 Å². The quantitative estimate of drug-likeness (QED) is 0.233. The summed E-state index contributed by atoms with van der Waals surface area (Å²) in [7, 11) is -0.414. The molecule has 0 aliphatic carbocycles. The van der Waals surface area contributed by atoms with Gasteiger partial charge in [0, 0.05) is 16.9 Å². The summed E-state index contributed by atoms with van der Waals surface area (Å²) in [6, 6.07) is 20.5. The molecule has 0 radical (unpaired) electrons. The van der Waals surface area contributed by atoms with Crippen molar-refractivity contribution in [3.8, 4) is 11.3 Å². The highest BCUT2D eigenvalue weighted by molar-refractivity contribution is 6.61. The number of hydrogen-bond donors (Lipinski definition) is 1. The van der Waals surface area contributed by atoms with Crippen LogP contribution in [-0.2, 0) is 20.1 Å². The summed E-state index contributed by atoms with van der Waals surface area (Å²) in [5.41, 5.74) is 5.36. The predicted octanol–water partition coefficient (Wildman–Crippen LogP) is 7.88. The summed E-state index contributed by atoms with van der Waals surface area (Å²) in [5, 5.41) is 5.04. The molecule has 1 aliphatic heterocycles. The maximum absolute atomic E-state index is 6.34. The Labute approximate surface area is 216 Å². The van der Waals surface area contributed by atoms with Gasteiger partial charge in [0.05, 0.1) is 11.2 Å². The molecule has 0 saturated carbocycles. The standard InChI is InChI=1S/C32H40BNO2/c1-29(2,3)22-13-14-24-21(18-22)17-20-11-12-23(30(4,5)6)19-25(20)28(24)26-15-16-27(34-26)33-35-31(7,8)32(9,10)36-33/h11-19,34H,1-10H3. The Morgan fingerprint density at radius 1 is 0.639 bits per heavy atom. The molecule has 0 unspecified atom stereocenters. The van der Waals surface area contributed by atoms with E-state index < -0.39 is 7.12 Å². The second-order valence-electron chi connectivity index (χ2n) is 13.5. The molecule has 5 rings (SSSR count). The van der Waals surface area contributed by atoms with Crippen LogP contribution < -0.4 is 5.59 Å². The second kappa shape index (κ2) is 7.97. The number of fused-ring (bicyclic) bond motifs is 2. The first-order valence-electron chi connectivity index (χ1n) is 13.1. The summed E-state index contributed by atoms with van der Waals surface area (Å²) in [5.74, 6) is 0. The Hall–Kier alpha value is -2.56. The monoisotopic (exact) mass is 481 g/mol. The van der Waals surface area contributed by atoms with Crippen LogP contribution in [0, 0.1) is 0 Å². The van der Waals surface area contributed by atoms with E-state index in [4.69, 9.17) is 9.31 Å². The molecule has 1 aromatic heterocycles. The molecule has 1 aliphatic rings. The number of rotatable bonds is 2. The van der Waals surface area contributed by atoms with Crippen LogP contribution in [0.1, 0.15) is 80.4 Å². The van der Waals surface area contributed by atoms with Gasteiger partial charge in [-0.3, -0.25) is 0 Å². The van der Waals surface area contributed by atoms with Crippen molar-refractivity contribution in [1.82, 2.24) is 4.98 Å². The highest BCUT2D eigenvalue weighted by Crippen LogP contribution is 2.40. The number of aromatic amines is 1. The van der Waals surface area contributed by atoms with Gasteiger partial charge in [0.15, 0.2) is 0 Å². The molecule has 3 nitrogen and oxygen atoms in total. The zero-order chi connectivity index (χ0) is 26.3. The zero-order valence-corrected chi connectivity index (χ0v) is 23.6. The van der Waals surface area contributed by atoms with Crippen molar-refractivity contribution in [2.45, 2.75) is 91.3 Å². The second-order valence-corrected chi connectivity index (χ2v) is 13.5. The Kier molecular flexibility index (Phi) is 5.56. The first-order chi connectivity index (χ1) is 16.6. The minimum absolute atomic E-state index is 0.0695. The van der Waals surface area contributed by atoms with Gasteiger partial charge in [-0.15, -0.1) is 0 Å². The Bertz CT molecular complexity index is 1450. The Morgan fingerprint density at radius 3 is 1.83 bits per heavy atom. The topological polar surface area (TPSA) is 34.2 Å². The van der Waals surface area contributed by atoms with Gasteiger partial charge in [-0.25, -0.2) is 0 Å². The summed E-state index contributed by atoms with van der Waals surface area (Å²) in [4.78, 5) is 3.68. The molecule has 1 N–H and O–H groups in total. The first-order valence-corrected chi connectivity index (χ1v) is 13.1. The van der Waals surface area contributed by atoms with Crippen LogP contribution in [0.15, 0.2) is 54.6 Å². The first kappa shape index (κ1) is 25.1. The van der Waals surface area contributed by atoms with Crippen LogP contribution in [0.25, 0.3) is 32.8 Å². The van der Waals surface area contributed by atoms with Gasteiger partial charge in [-0.05, 0) is 95.5 Å². The lowest BCUT2D eigenvalue weighted by Crippen LogP contribution is -2.41. The number of nitrogens with one attached hydrogen (secondary N) is 1. The van der Waals surface area contributed by atoms with E-state index in [0.29, 0.717) is 0 Å². The summed E-state index contributed by atoms with van der Waals surface area (Å²) in [6.45, 7) is 22.0. The van der Waals surface area contributed by atoms with Gasteiger partial charge in [-0.2, -0.15) is 0 Å². The predicted molar refractivity (Wildman–Crippen MR) is 154 cm³/mol. The SMILES string of the molecule is CC(C)(C)c1ccc2c(-c3ccc(B4OC(C)(C)C(C)(C)O4)[nH]3)c3cc(C(C)(C)C)ccc3cc2c1. The van der Waals surface area contributed by atoms with Crippen molar-refractivity contribution in [2.75, 3.05) is 0 Å². The van der Waals surface area contributed by atoms with Crippen LogP contribution in [0.2, 0.25) is 0 Å². The van der Waals surface area contributed by atoms with E-state index in [1.807, 2.05) is 0 Å². The number of hydrogen-bond acceptors (Lipinski definition) is 2. The van der Waals surface area contributed by atoms with E-state index in [1.54, 1.807) is 0 Å². The van der Waals surface area contributed by atoms with Crippen molar-refractivity contribution < 1.29 is 9.31 Å². The highest BCUT2D eigenvalue weighted by atomic mass is 16.7. The van der Waals surface area contributed by atoms with Crippen LogP contribution >= 0.6 is 0 Å². The fourth-order valence-electron chi connectivity index (χ4n) is 5.01. The highest BCUT2D eigenvalue weighted by Gasteiger charge is 2.52. The molecule has 0 atom stereocenters. The van der Waals surface area contributed by atoms with E-state index in [2.05, 4.69) is 129 Å². The number of aromatic nitrogens is 1. The van der Waals surface area contributed by atoms with Gasteiger partial charge in [0.1, 0.15) is 0 Å². The molecule has 2 heterocycles. The summed E-state index contributed by atoms with van der Waals surface area (Å²) < 4.78 is 12.7. The summed E-state index contributed by atoms with van der Waals surface area (Å²) >= 11 is 0. The van der Waals surface area contributed by atoms with Crippen LogP contribution in [0.5, 0.6) is 0 Å². The van der Waals surface area contributed by atoms with E-state index >= 15 is 0 Å². The molecular weight excluding hydrogens is 441 g/mol. The maximum atomic E-state index is 6.34. The van der Waals surface area contributed by atoms with Crippen molar-refractivity contribution in [3.05, 3.63) is 65.7 Å². The Morgan fingerprint density at radius 2 is 1.22 bits per heavy atom. The Balaban J connectivity index is 1.73. The molecule has 36 heavy (non-hydrogen) atoms. The van der Waals surface area contributed by atoms with Crippen LogP contribution in [0.3, 0.4) is 0 Å². The lowest BCUT2D eigenvalue weighted by molar-refractivity contribution is 0.00578. The molecule has 4 aromatic rings. The molecule has 1 saturated heterocycles. The maximum Gasteiger partial charge on any atom is 0.512 e. The summed E-state index contributed by atoms with van der Waals surface area (Å²) in [6.07, 6.45) is 0. The molecule has 0 spiro atoms. The van der Waals surface area contributed by atoms with Crippen molar-refractivity contribution in [2.24, 2.45) is 0 Å². The van der Waals surface area contributed by atoms with Crippen LogP contribution in [-0.4, -0.2) is 23.3 Å². The minimum atomic E-state index is -0.414. The zero-order valence-electron chi connectivity index (χ0n) is 23.6. The third-order valence-corrected chi connectivity index (χ3v) is 8.17. The third-order valence-electron chi connectivity index (χ3n) is 8.17. The van der Waals surface area contributed by atoms with Gasteiger partial charge in [0.25, 0.3) is 0 Å². The fraction of sp³-hybridized carbons (Fsp3) is 0.438. The van der Waals surface area contributed by atoms with E-state index in [9.17, 15) is 0 Å². The molecular formula is C32H40BNO2. The average molecular weight is 481 g/mol. The lowest BCUT2D eigenvalue weighted by Gasteiger charge is -2.32. The minimum Gasteiger partial charge on any atom is -0.398 e. The largest absolute Gasteiger partial charge is 0.512 e. The van der Waals surface area contributed by atoms with Crippen molar-refractivity contribution in [1.29, 1.82) is 0 Å². The average Bonchev–Trinajstić information content (AvgIpc) is 3.32. The third kappa shape index (κ3) is 4.19. The number of benzene rings is 3. The van der Waals surface area contributed by atoms with Gasteiger partial charge < -0.3 is 14.3 Å². The van der Waals surface area contributed by atoms with E-state index in [1.165, 1.54) is 38.2 Å². The molecule has 0 bridgehead atoms. The lowest BCUT2D eigenvalue weighted by atomic mass is 9.82. The van der Waals surface area contributed by atoms with Gasteiger partial charge in [-0.1, -0.05) is 71.9 Å². The molecule has 0 amide bonds. The van der Waals surface area contributed by atoms with E-state index in [-0.39, 0.29) is 22.0 Å². The van der Waals surface area contributed by atoms with Crippen molar-refractivity contribution >= 4 is 34.3 Å². The fourth-order valence-corrected chi connectivity index (χ4v) is 5.01. The molecule has 1 fully saturated rings. The van der Waals surface area contributed by atoms with Gasteiger partial charge >= 0.3 is 7.12 Å².